The zero-order valence-electron chi connectivity index (χ0n) is 20.6. The van der Waals surface area contributed by atoms with E-state index in [0.717, 1.165) is 12.1 Å². The molecule has 0 saturated carbocycles. The van der Waals surface area contributed by atoms with Crippen LogP contribution in [0.25, 0.3) is 0 Å². The molecule has 0 aliphatic rings. The van der Waals surface area contributed by atoms with E-state index in [4.69, 9.17) is 10.5 Å². The van der Waals surface area contributed by atoms with Crippen LogP contribution in [-0.2, 0) is 19.1 Å². The molecule has 0 aliphatic heterocycles. The van der Waals surface area contributed by atoms with Crippen molar-refractivity contribution in [1.82, 2.24) is 16.0 Å². The summed E-state index contributed by atoms with van der Waals surface area (Å²) >= 11 is 0. The summed E-state index contributed by atoms with van der Waals surface area (Å²) in [4.78, 5) is 37.7. The van der Waals surface area contributed by atoms with Gasteiger partial charge in [-0.2, -0.15) is 0 Å². The Bertz CT molecular complexity index is 958. The summed E-state index contributed by atoms with van der Waals surface area (Å²) in [6.45, 7) is 6.47. The molecule has 0 fully saturated rings. The number of halogens is 2. The second-order valence-corrected chi connectivity index (χ2v) is 7.38. The maximum absolute atomic E-state index is 13.4. The van der Waals surface area contributed by atoms with Crippen LogP contribution in [0.1, 0.15) is 44.0 Å². The fraction of sp³-hybridized carbons (Fsp3) is 0.400. The Hall–Kier alpha value is -3.41. The first-order valence-corrected chi connectivity index (χ1v) is 11.6. The lowest BCUT2D eigenvalue weighted by atomic mass is 10.1. The molecule has 0 spiro atoms. The number of carbonyl (C=O) groups excluding carboxylic acids is 3. The third kappa shape index (κ3) is 10.1. The first kappa shape index (κ1) is 30.6. The van der Waals surface area contributed by atoms with Crippen LogP contribution in [0, 0.1) is 11.6 Å². The van der Waals surface area contributed by atoms with Gasteiger partial charge in [0.25, 0.3) is 5.91 Å². The van der Waals surface area contributed by atoms with Crippen molar-refractivity contribution in [3.05, 3.63) is 71.3 Å². The minimum absolute atomic E-state index is 0.195. The molecular formula is C25H34F2N4O5. The van der Waals surface area contributed by atoms with E-state index in [1.807, 2.05) is 13.8 Å². The summed E-state index contributed by atoms with van der Waals surface area (Å²) in [6, 6.07) is 8.44. The standard InChI is InChI=1S/C23H28F2N4O5.C2H6/c1-14(28-23(33)20(30)16-11-17(24)13-18(25)12-16)21(31)29-19(15-5-3-2-4-6-15)22(32)27-8-10-34-9-7-26;1-2/h2-6,11-14,19-20,30H,7-10,26H2,1H3,(H,27,32)(H,28,33)(H,29,31);1-2H3/t14-,19?,20?;/m0./s1. The van der Waals surface area contributed by atoms with Crippen molar-refractivity contribution >= 4 is 17.7 Å². The predicted octanol–water partition coefficient (Wildman–Crippen LogP) is 1.48. The molecule has 0 saturated heterocycles. The van der Waals surface area contributed by atoms with Gasteiger partial charge in [-0.05, 0) is 30.2 Å². The van der Waals surface area contributed by atoms with E-state index in [0.29, 0.717) is 24.8 Å². The number of rotatable bonds is 12. The lowest BCUT2D eigenvalue weighted by Gasteiger charge is -2.22. The maximum atomic E-state index is 13.4. The summed E-state index contributed by atoms with van der Waals surface area (Å²) in [5, 5.41) is 17.6. The van der Waals surface area contributed by atoms with Gasteiger partial charge in [-0.25, -0.2) is 8.78 Å². The fourth-order valence-corrected chi connectivity index (χ4v) is 2.99. The molecule has 2 rings (SSSR count). The molecule has 0 radical (unpaired) electrons. The van der Waals surface area contributed by atoms with E-state index in [2.05, 4.69) is 16.0 Å². The van der Waals surface area contributed by atoms with Crippen molar-refractivity contribution in [1.29, 1.82) is 0 Å². The number of carbonyl (C=O) groups is 3. The molecule has 6 N–H and O–H groups in total. The van der Waals surface area contributed by atoms with Crippen LogP contribution in [0.15, 0.2) is 48.5 Å². The molecule has 3 atom stereocenters. The van der Waals surface area contributed by atoms with E-state index >= 15 is 0 Å². The Morgan fingerprint density at radius 3 is 2.11 bits per heavy atom. The first-order valence-electron chi connectivity index (χ1n) is 11.6. The molecule has 3 amide bonds. The quantitative estimate of drug-likeness (QED) is 0.275. The Morgan fingerprint density at radius 1 is 0.917 bits per heavy atom. The smallest absolute Gasteiger partial charge is 0.254 e. The monoisotopic (exact) mass is 508 g/mol. The van der Waals surface area contributed by atoms with E-state index in [9.17, 15) is 28.3 Å². The van der Waals surface area contributed by atoms with Crippen molar-refractivity contribution in [2.75, 3.05) is 26.3 Å². The van der Waals surface area contributed by atoms with Gasteiger partial charge in [0.05, 0.1) is 13.2 Å². The SMILES string of the molecule is CC.C[C@H](NC(=O)C(O)c1cc(F)cc(F)c1)C(=O)NC(C(=O)NCCOCCN)c1ccccc1. The summed E-state index contributed by atoms with van der Waals surface area (Å²) in [7, 11) is 0. The van der Waals surface area contributed by atoms with Crippen LogP contribution in [0.3, 0.4) is 0 Å². The lowest BCUT2D eigenvalue weighted by Crippen LogP contribution is -2.50. The topological polar surface area (TPSA) is 143 Å². The number of nitrogens with two attached hydrogens (primary N) is 1. The molecule has 2 aromatic carbocycles. The largest absolute Gasteiger partial charge is 0.378 e. The van der Waals surface area contributed by atoms with Gasteiger partial charge in [0.2, 0.25) is 11.8 Å². The van der Waals surface area contributed by atoms with Gasteiger partial charge in [0, 0.05) is 19.2 Å². The Kier molecular flexibility index (Phi) is 13.9. The van der Waals surface area contributed by atoms with Crippen molar-refractivity contribution in [2.24, 2.45) is 5.73 Å². The number of benzene rings is 2. The molecule has 36 heavy (non-hydrogen) atoms. The minimum Gasteiger partial charge on any atom is -0.378 e. The molecule has 198 valence electrons. The maximum Gasteiger partial charge on any atom is 0.254 e. The molecule has 0 aromatic heterocycles. The van der Waals surface area contributed by atoms with Crippen LogP contribution < -0.4 is 21.7 Å². The van der Waals surface area contributed by atoms with Crippen LogP contribution >= 0.6 is 0 Å². The number of aliphatic hydroxyl groups is 1. The van der Waals surface area contributed by atoms with Crippen molar-refractivity contribution < 1.29 is 33.0 Å². The van der Waals surface area contributed by atoms with Crippen molar-refractivity contribution in [3.63, 3.8) is 0 Å². The number of ether oxygens (including phenoxy) is 1. The highest BCUT2D eigenvalue weighted by Gasteiger charge is 2.27. The molecule has 0 bridgehead atoms. The highest BCUT2D eigenvalue weighted by molar-refractivity contribution is 5.93. The number of hydrogen-bond acceptors (Lipinski definition) is 6. The Balaban J connectivity index is 0.00000316. The van der Waals surface area contributed by atoms with E-state index in [1.54, 1.807) is 30.3 Å². The zero-order valence-corrected chi connectivity index (χ0v) is 20.6. The minimum atomic E-state index is -1.90. The molecule has 9 nitrogen and oxygen atoms in total. The highest BCUT2D eigenvalue weighted by atomic mass is 19.1. The summed E-state index contributed by atoms with van der Waals surface area (Å²) in [5.41, 5.74) is 5.54. The zero-order chi connectivity index (χ0) is 27.1. The third-order valence-corrected chi connectivity index (χ3v) is 4.69. The van der Waals surface area contributed by atoms with Crippen LogP contribution in [-0.4, -0.2) is 55.2 Å². The van der Waals surface area contributed by atoms with Crippen LogP contribution in [0.4, 0.5) is 8.78 Å². The average Bonchev–Trinajstić information content (AvgIpc) is 2.87. The van der Waals surface area contributed by atoms with Gasteiger partial charge in [0.15, 0.2) is 6.10 Å². The van der Waals surface area contributed by atoms with Gasteiger partial charge in [-0.1, -0.05) is 44.2 Å². The van der Waals surface area contributed by atoms with Crippen LogP contribution in [0.5, 0.6) is 0 Å². The van der Waals surface area contributed by atoms with Gasteiger partial charge in [0.1, 0.15) is 23.7 Å². The number of hydrogen-bond donors (Lipinski definition) is 5. The summed E-state index contributed by atoms with van der Waals surface area (Å²) in [6.07, 6.45) is -1.90. The first-order chi connectivity index (χ1) is 17.2. The Morgan fingerprint density at radius 2 is 1.53 bits per heavy atom. The summed E-state index contributed by atoms with van der Waals surface area (Å²) in [5.74, 6) is -4.17. The number of aliphatic hydroxyl groups excluding tert-OH is 1. The molecule has 2 aromatic rings. The van der Waals surface area contributed by atoms with Gasteiger partial charge in [-0.3, -0.25) is 14.4 Å². The van der Waals surface area contributed by atoms with Crippen molar-refractivity contribution in [3.8, 4) is 0 Å². The second-order valence-electron chi connectivity index (χ2n) is 7.38. The summed E-state index contributed by atoms with van der Waals surface area (Å²) < 4.78 is 32.0. The molecule has 0 heterocycles. The van der Waals surface area contributed by atoms with E-state index in [-0.39, 0.29) is 18.7 Å². The van der Waals surface area contributed by atoms with Gasteiger partial charge >= 0.3 is 0 Å². The third-order valence-electron chi connectivity index (χ3n) is 4.69. The fourth-order valence-electron chi connectivity index (χ4n) is 2.99. The number of nitrogens with one attached hydrogen (secondary N) is 3. The van der Waals surface area contributed by atoms with E-state index in [1.165, 1.54) is 6.92 Å². The normalized spacial score (nSPS) is 12.9. The second kappa shape index (κ2) is 16.3. The molecular weight excluding hydrogens is 474 g/mol. The number of amides is 3. The molecule has 2 unspecified atom stereocenters. The Labute approximate surface area is 209 Å². The molecule has 0 aliphatic carbocycles. The van der Waals surface area contributed by atoms with Crippen molar-refractivity contribution in [2.45, 2.75) is 39.0 Å². The van der Waals surface area contributed by atoms with Gasteiger partial charge in [-0.15, -0.1) is 0 Å². The average molecular weight is 509 g/mol. The van der Waals surface area contributed by atoms with Crippen LogP contribution in [0.2, 0.25) is 0 Å². The van der Waals surface area contributed by atoms with E-state index < -0.39 is 47.5 Å². The lowest BCUT2D eigenvalue weighted by molar-refractivity contribution is -0.135. The predicted molar refractivity (Wildman–Crippen MR) is 130 cm³/mol. The van der Waals surface area contributed by atoms with Gasteiger partial charge < -0.3 is 31.5 Å². The molecule has 11 heteroatoms. The highest BCUT2D eigenvalue weighted by Crippen LogP contribution is 2.17.